The van der Waals surface area contributed by atoms with Crippen LogP contribution in [0.5, 0.6) is 0 Å². The quantitative estimate of drug-likeness (QED) is 0.610. The zero-order valence-corrected chi connectivity index (χ0v) is 16.1. The number of hydrogen-bond acceptors (Lipinski definition) is 1. The van der Waals surface area contributed by atoms with E-state index in [0.29, 0.717) is 0 Å². The monoisotopic (exact) mass is 351 g/mol. The van der Waals surface area contributed by atoms with Gasteiger partial charge in [-0.2, -0.15) is 0 Å². The first kappa shape index (κ1) is 17.9. The number of benzene rings is 2. The third kappa shape index (κ3) is 3.67. The lowest BCUT2D eigenvalue weighted by molar-refractivity contribution is 0.344. The van der Waals surface area contributed by atoms with Crippen LogP contribution in [-0.2, 0) is 6.54 Å². The van der Waals surface area contributed by atoms with Crippen molar-refractivity contribution in [2.45, 2.75) is 38.5 Å². The molecule has 0 aromatic heterocycles. The highest BCUT2D eigenvalue weighted by Crippen LogP contribution is 2.45. The maximum Gasteiger partial charge on any atom is 0.0755 e. The molecule has 1 heterocycles. The van der Waals surface area contributed by atoms with Crippen LogP contribution in [0, 0.1) is 0 Å². The minimum atomic E-state index is 0.0375. The smallest absolute Gasteiger partial charge is 0.0755 e. The standard InChI is InChI=1S/C25H26BN/c1-18-15-24(19(2)26)25(23-13-7-6-12-22(18)23)21-11-8-14-27(17-21)16-20-9-4-3-5-10-20/h3-7,9-10,12-13,17,19H,1,8,11,14-16H2,2H3. The van der Waals surface area contributed by atoms with E-state index in [-0.39, 0.29) is 5.82 Å². The van der Waals surface area contributed by atoms with Gasteiger partial charge >= 0.3 is 0 Å². The number of allylic oxidation sites excluding steroid dienone is 4. The van der Waals surface area contributed by atoms with Crippen LogP contribution < -0.4 is 0 Å². The molecular weight excluding hydrogens is 325 g/mol. The molecular formula is C25H26BN. The second-order valence-corrected chi connectivity index (χ2v) is 7.73. The summed E-state index contributed by atoms with van der Waals surface area (Å²) in [5.41, 5.74) is 9.22. The molecule has 1 atom stereocenters. The van der Waals surface area contributed by atoms with E-state index < -0.39 is 0 Å². The Bertz CT molecular complexity index is 905. The van der Waals surface area contributed by atoms with Crippen LogP contribution >= 0.6 is 0 Å². The van der Waals surface area contributed by atoms with Crippen molar-refractivity contribution in [3.8, 4) is 0 Å². The Morgan fingerprint density at radius 3 is 2.48 bits per heavy atom. The van der Waals surface area contributed by atoms with E-state index >= 15 is 0 Å². The summed E-state index contributed by atoms with van der Waals surface area (Å²) in [6.45, 7) is 8.48. The van der Waals surface area contributed by atoms with Gasteiger partial charge in [-0.3, -0.25) is 0 Å². The van der Waals surface area contributed by atoms with Crippen LogP contribution in [0.3, 0.4) is 0 Å². The van der Waals surface area contributed by atoms with Gasteiger partial charge in [-0.25, -0.2) is 0 Å². The average molecular weight is 351 g/mol. The maximum atomic E-state index is 6.40. The number of fused-ring (bicyclic) bond motifs is 1. The van der Waals surface area contributed by atoms with Gasteiger partial charge in [0.15, 0.2) is 0 Å². The van der Waals surface area contributed by atoms with Crippen molar-refractivity contribution in [2.75, 3.05) is 6.54 Å². The maximum absolute atomic E-state index is 6.40. The molecule has 0 saturated carbocycles. The topological polar surface area (TPSA) is 3.24 Å². The van der Waals surface area contributed by atoms with E-state index in [9.17, 15) is 0 Å². The van der Waals surface area contributed by atoms with Crippen molar-refractivity contribution in [1.82, 2.24) is 4.90 Å². The van der Waals surface area contributed by atoms with Crippen LogP contribution in [0.4, 0.5) is 0 Å². The lowest BCUT2D eigenvalue weighted by Gasteiger charge is -2.33. The van der Waals surface area contributed by atoms with E-state index in [1.54, 1.807) is 0 Å². The predicted molar refractivity (Wildman–Crippen MR) is 116 cm³/mol. The van der Waals surface area contributed by atoms with E-state index in [1.807, 2.05) is 0 Å². The first-order valence-corrected chi connectivity index (χ1v) is 9.88. The molecule has 134 valence electrons. The number of hydrogen-bond donors (Lipinski definition) is 0. The molecule has 1 aliphatic carbocycles. The average Bonchev–Trinajstić information content (AvgIpc) is 2.69. The Balaban J connectivity index is 1.74. The van der Waals surface area contributed by atoms with Crippen molar-refractivity contribution in [3.63, 3.8) is 0 Å². The van der Waals surface area contributed by atoms with E-state index in [0.717, 1.165) is 25.9 Å². The fourth-order valence-corrected chi connectivity index (χ4v) is 4.32. The molecule has 2 aromatic rings. The number of rotatable bonds is 4. The highest BCUT2D eigenvalue weighted by atomic mass is 15.1. The molecule has 1 nitrogen and oxygen atoms in total. The first-order chi connectivity index (χ1) is 13.1. The molecule has 0 bridgehead atoms. The molecule has 4 rings (SSSR count). The van der Waals surface area contributed by atoms with Crippen molar-refractivity contribution in [1.29, 1.82) is 0 Å². The zero-order valence-electron chi connectivity index (χ0n) is 16.1. The molecule has 1 unspecified atom stereocenters. The molecule has 0 saturated heterocycles. The zero-order chi connectivity index (χ0) is 18.8. The van der Waals surface area contributed by atoms with Gasteiger partial charge in [0.25, 0.3) is 0 Å². The second-order valence-electron chi connectivity index (χ2n) is 7.73. The Kier molecular flexibility index (Phi) is 5.07. The molecule has 2 aromatic carbocycles. The molecule has 2 radical (unpaired) electrons. The van der Waals surface area contributed by atoms with Gasteiger partial charge in [0, 0.05) is 19.3 Å². The summed E-state index contributed by atoms with van der Waals surface area (Å²) >= 11 is 0. The third-order valence-electron chi connectivity index (χ3n) is 5.63. The fourth-order valence-electron chi connectivity index (χ4n) is 4.32. The van der Waals surface area contributed by atoms with Gasteiger partial charge in [0.2, 0.25) is 0 Å². The normalized spacial score (nSPS) is 18.2. The molecule has 2 heteroatoms. The van der Waals surface area contributed by atoms with Crippen LogP contribution in [-0.4, -0.2) is 19.3 Å². The van der Waals surface area contributed by atoms with Crippen LogP contribution in [0.15, 0.2) is 78.5 Å². The van der Waals surface area contributed by atoms with Crippen molar-refractivity contribution >= 4 is 19.0 Å². The van der Waals surface area contributed by atoms with Gasteiger partial charge < -0.3 is 4.90 Å². The summed E-state index contributed by atoms with van der Waals surface area (Å²) in [6, 6.07) is 19.4. The molecule has 0 spiro atoms. The van der Waals surface area contributed by atoms with Crippen molar-refractivity contribution in [2.24, 2.45) is 0 Å². The number of nitrogens with zero attached hydrogens (tertiary/aromatic N) is 1. The first-order valence-electron chi connectivity index (χ1n) is 9.88. The molecule has 2 aliphatic rings. The summed E-state index contributed by atoms with van der Waals surface area (Å²) in [5.74, 6) is 0.0375. The van der Waals surface area contributed by atoms with Gasteiger partial charge in [0.05, 0.1) is 7.85 Å². The van der Waals surface area contributed by atoms with E-state index in [1.165, 1.54) is 45.4 Å². The highest BCUT2D eigenvalue weighted by molar-refractivity contribution is 6.15. The van der Waals surface area contributed by atoms with Crippen LogP contribution in [0.2, 0.25) is 5.82 Å². The third-order valence-corrected chi connectivity index (χ3v) is 5.63. The molecule has 1 aliphatic heterocycles. The molecule has 0 amide bonds. The second kappa shape index (κ2) is 7.64. The van der Waals surface area contributed by atoms with Gasteiger partial charge in [-0.1, -0.05) is 79.5 Å². The summed E-state index contributed by atoms with van der Waals surface area (Å²) in [5, 5.41) is 0. The van der Waals surface area contributed by atoms with E-state index in [4.69, 9.17) is 7.85 Å². The summed E-state index contributed by atoms with van der Waals surface area (Å²) in [6.07, 6.45) is 5.54. The van der Waals surface area contributed by atoms with Gasteiger partial charge in [0.1, 0.15) is 0 Å². The predicted octanol–water partition coefficient (Wildman–Crippen LogP) is 6.01. The summed E-state index contributed by atoms with van der Waals surface area (Å²) in [4.78, 5) is 2.45. The largest absolute Gasteiger partial charge is 0.373 e. The van der Waals surface area contributed by atoms with Crippen molar-refractivity contribution in [3.05, 3.63) is 95.2 Å². The van der Waals surface area contributed by atoms with Gasteiger partial charge in [-0.05, 0) is 52.7 Å². The SMILES string of the molecule is [B]C(C)C1=C(C2=CN(Cc3ccccc3)CCC2)c2ccccc2C(=C)C1. The van der Waals surface area contributed by atoms with Gasteiger partial charge in [-0.15, -0.1) is 0 Å². The van der Waals surface area contributed by atoms with Crippen LogP contribution in [0.1, 0.15) is 42.9 Å². The Morgan fingerprint density at radius 2 is 1.74 bits per heavy atom. The Labute approximate surface area is 164 Å². The van der Waals surface area contributed by atoms with E-state index in [2.05, 4.69) is 79.2 Å². The molecule has 0 fully saturated rings. The summed E-state index contributed by atoms with van der Waals surface area (Å²) in [7, 11) is 6.40. The van der Waals surface area contributed by atoms with Crippen molar-refractivity contribution < 1.29 is 0 Å². The molecule has 27 heavy (non-hydrogen) atoms. The lowest BCUT2D eigenvalue weighted by atomic mass is 9.70. The highest BCUT2D eigenvalue weighted by Gasteiger charge is 2.26. The minimum absolute atomic E-state index is 0.0375. The fraction of sp³-hybridized carbons (Fsp3) is 0.280. The Hall–Kier alpha value is -2.48. The summed E-state index contributed by atoms with van der Waals surface area (Å²) < 4.78 is 0. The Morgan fingerprint density at radius 1 is 1.04 bits per heavy atom. The molecule has 0 N–H and O–H groups in total. The minimum Gasteiger partial charge on any atom is -0.373 e. The van der Waals surface area contributed by atoms with Crippen LogP contribution in [0.25, 0.3) is 11.1 Å². The lowest BCUT2D eigenvalue weighted by Crippen LogP contribution is -2.23.